The molecule has 0 fully saturated rings. The quantitative estimate of drug-likeness (QED) is 0.782. The second-order valence-electron chi connectivity index (χ2n) is 4.57. The predicted octanol–water partition coefficient (Wildman–Crippen LogP) is 4.88. The Labute approximate surface area is 116 Å². The van der Waals surface area contributed by atoms with E-state index in [1.807, 2.05) is 23.5 Å². The van der Waals surface area contributed by atoms with Gasteiger partial charge >= 0.3 is 0 Å². The highest BCUT2D eigenvalue weighted by Crippen LogP contribution is 2.39. The predicted molar refractivity (Wildman–Crippen MR) is 80.1 cm³/mol. The summed E-state index contributed by atoms with van der Waals surface area (Å²) in [6.45, 7) is 4.24. The van der Waals surface area contributed by atoms with Crippen molar-refractivity contribution >= 4 is 33.0 Å². The highest BCUT2D eigenvalue weighted by atomic mass is 35.5. The van der Waals surface area contributed by atoms with Crippen LogP contribution in [0.15, 0.2) is 47.1 Å². The number of rotatable bonds is 1. The summed E-state index contributed by atoms with van der Waals surface area (Å²) < 4.78 is 1.32. The minimum atomic E-state index is 0.106. The van der Waals surface area contributed by atoms with Crippen molar-refractivity contribution in [2.75, 3.05) is 0 Å². The monoisotopic (exact) mass is 275 g/mol. The molecule has 3 rings (SSSR count). The van der Waals surface area contributed by atoms with Crippen molar-refractivity contribution in [3.63, 3.8) is 0 Å². The summed E-state index contributed by atoms with van der Waals surface area (Å²) in [5, 5.41) is 5.64. The summed E-state index contributed by atoms with van der Waals surface area (Å²) in [6.07, 6.45) is 4.00. The van der Waals surface area contributed by atoms with Crippen LogP contribution in [0, 0.1) is 6.92 Å². The molecule has 1 N–H and O–H groups in total. The van der Waals surface area contributed by atoms with Crippen LogP contribution in [0.5, 0.6) is 0 Å². The van der Waals surface area contributed by atoms with E-state index in [1.54, 1.807) is 0 Å². The molecule has 92 valence electrons. The van der Waals surface area contributed by atoms with Crippen LogP contribution in [-0.4, -0.2) is 0 Å². The van der Waals surface area contributed by atoms with Gasteiger partial charge in [-0.05, 0) is 43.0 Å². The third-order valence-corrected chi connectivity index (χ3v) is 4.97. The smallest absolute Gasteiger partial charge is 0.0968 e. The lowest BCUT2D eigenvalue weighted by molar-refractivity contribution is 0.702. The largest absolute Gasteiger partial charge is 0.376 e. The third-order valence-electron chi connectivity index (χ3n) is 3.28. The van der Waals surface area contributed by atoms with Crippen molar-refractivity contribution in [2.45, 2.75) is 19.9 Å². The van der Waals surface area contributed by atoms with E-state index in [9.17, 15) is 0 Å². The van der Waals surface area contributed by atoms with Crippen LogP contribution < -0.4 is 5.32 Å². The normalized spacial score (nSPS) is 19.4. The lowest BCUT2D eigenvalue weighted by Gasteiger charge is -2.22. The van der Waals surface area contributed by atoms with Gasteiger partial charge < -0.3 is 5.32 Å². The van der Waals surface area contributed by atoms with Gasteiger partial charge in [-0.3, -0.25) is 0 Å². The van der Waals surface area contributed by atoms with Crippen molar-refractivity contribution in [1.29, 1.82) is 0 Å². The average Bonchev–Trinajstić information content (AvgIpc) is 2.71. The highest BCUT2D eigenvalue weighted by Gasteiger charge is 2.22. The van der Waals surface area contributed by atoms with Gasteiger partial charge in [0.05, 0.1) is 6.04 Å². The highest BCUT2D eigenvalue weighted by molar-refractivity contribution is 7.19. The number of allylic oxidation sites excluding steroid dienone is 3. The first-order chi connectivity index (χ1) is 8.66. The second-order valence-corrected chi connectivity index (χ2v) is 6.09. The fraction of sp³-hybridized carbons (Fsp3) is 0.200. The summed E-state index contributed by atoms with van der Waals surface area (Å²) in [5.41, 5.74) is 2.48. The van der Waals surface area contributed by atoms with E-state index in [-0.39, 0.29) is 6.04 Å². The summed E-state index contributed by atoms with van der Waals surface area (Å²) in [6, 6.07) is 8.61. The van der Waals surface area contributed by atoms with E-state index in [4.69, 9.17) is 11.6 Å². The lowest BCUT2D eigenvalue weighted by atomic mass is 10.1. The van der Waals surface area contributed by atoms with Gasteiger partial charge in [-0.1, -0.05) is 29.8 Å². The molecular weight excluding hydrogens is 262 g/mol. The Morgan fingerprint density at radius 3 is 2.72 bits per heavy atom. The SMILES string of the molecule is CC1=CC=C(Cl)C(c2sc3ccccc3c2C)N1. The van der Waals surface area contributed by atoms with Gasteiger partial charge in [0.2, 0.25) is 0 Å². The molecular formula is C15H14ClNS. The van der Waals surface area contributed by atoms with Crippen molar-refractivity contribution in [3.8, 4) is 0 Å². The molecule has 0 saturated carbocycles. The molecule has 18 heavy (non-hydrogen) atoms. The number of thiophene rings is 1. The molecule has 2 heterocycles. The van der Waals surface area contributed by atoms with Crippen LogP contribution >= 0.6 is 22.9 Å². The second kappa shape index (κ2) is 4.45. The van der Waals surface area contributed by atoms with E-state index in [0.29, 0.717) is 0 Å². The summed E-state index contributed by atoms with van der Waals surface area (Å²) in [4.78, 5) is 1.31. The van der Waals surface area contributed by atoms with Crippen molar-refractivity contribution in [3.05, 3.63) is 57.6 Å². The van der Waals surface area contributed by atoms with Crippen LogP contribution in [0.3, 0.4) is 0 Å². The van der Waals surface area contributed by atoms with E-state index in [2.05, 4.69) is 43.4 Å². The van der Waals surface area contributed by atoms with Gasteiger partial charge in [-0.2, -0.15) is 0 Å². The van der Waals surface area contributed by atoms with Crippen molar-refractivity contribution in [1.82, 2.24) is 5.32 Å². The molecule has 2 aromatic rings. The summed E-state index contributed by atoms with van der Waals surface area (Å²) >= 11 is 8.16. The van der Waals surface area contributed by atoms with Gasteiger partial charge in [0.1, 0.15) is 0 Å². The molecule has 1 aliphatic rings. The Bertz CT molecular complexity index is 666. The summed E-state index contributed by atoms with van der Waals surface area (Å²) in [7, 11) is 0. The Morgan fingerprint density at radius 1 is 1.17 bits per heavy atom. The number of hydrogen-bond acceptors (Lipinski definition) is 2. The van der Waals surface area contributed by atoms with E-state index < -0.39 is 0 Å². The molecule has 0 radical (unpaired) electrons. The molecule has 1 aromatic carbocycles. The zero-order valence-electron chi connectivity index (χ0n) is 10.3. The van der Waals surface area contributed by atoms with E-state index >= 15 is 0 Å². The minimum absolute atomic E-state index is 0.106. The Hall–Kier alpha value is -1.25. The Morgan fingerprint density at radius 2 is 1.94 bits per heavy atom. The number of aryl methyl sites for hydroxylation is 1. The van der Waals surface area contributed by atoms with Crippen LogP contribution in [0.4, 0.5) is 0 Å². The van der Waals surface area contributed by atoms with E-state index in [0.717, 1.165) is 10.7 Å². The average molecular weight is 276 g/mol. The van der Waals surface area contributed by atoms with Gasteiger partial charge in [0.25, 0.3) is 0 Å². The van der Waals surface area contributed by atoms with Gasteiger partial charge in [-0.15, -0.1) is 11.3 Å². The fourth-order valence-electron chi connectivity index (χ4n) is 2.30. The Balaban J connectivity index is 2.13. The molecule has 1 nitrogen and oxygen atoms in total. The van der Waals surface area contributed by atoms with Crippen LogP contribution in [0.2, 0.25) is 0 Å². The van der Waals surface area contributed by atoms with Crippen molar-refractivity contribution < 1.29 is 0 Å². The molecule has 1 atom stereocenters. The molecule has 3 heteroatoms. The first-order valence-corrected chi connectivity index (χ1v) is 7.15. The summed E-state index contributed by atoms with van der Waals surface area (Å²) in [5.74, 6) is 0. The standard InChI is InChI=1S/C15H14ClNS/c1-9-7-8-12(16)14(17-9)15-10(2)11-5-3-4-6-13(11)18-15/h3-8,14,17H,1-2H3. The van der Waals surface area contributed by atoms with Gasteiger partial charge in [0, 0.05) is 20.3 Å². The molecule has 1 aliphatic heterocycles. The topological polar surface area (TPSA) is 12.0 Å². The molecule has 1 unspecified atom stereocenters. The fourth-order valence-corrected chi connectivity index (χ4v) is 3.88. The zero-order chi connectivity index (χ0) is 12.7. The molecule has 0 bridgehead atoms. The van der Waals surface area contributed by atoms with Gasteiger partial charge in [-0.25, -0.2) is 0 Å². The molecule has 0 saturated heterocycles. The first-order valence-electron chi connectivity index (χ1n) is 5.95. The van der Waals surface area contributed by atoms with E-state index in [1.165, 1.54) is 20.5 Å². The first kappa shape index (κ1) is 11.8. The zero-order valence-corrected chi connectivity index (χ0v) is 11.9. The lowest BCUT2D eigenvalue weighted by Crippen LogP contribution is -2.21. The number of fused-ring (bicyclic) bond motifs is 1. The molecule has 0 amide bonds. The third kappa shape index (κ3) is 1.86. The minimum Gasteiger partial charge on any atom is -0.376 e. The molecule has 0 aliphatic carbocycles. The maximum absolute atomic E-state index is 6.34. The number of benzene rings is 1. The van der Waals surface area contributed by atoms with Crippen LogP contribution in [0.25, 0.3) is 10.1 Å². The maximum atomic E-state index is 6.34. The number of halogens is 1. The maximum Gasteiger partial charge on any atom is 0.0968 e. The van der Waals surface area contributed by atoms with Crippen LogP contribution in [-0.2, 0) is 0 Å². The number of dihydropyridines is 1. The van der Waals surface area contributed by atoms with Crippen LogP contribution in [0.1, 0.15) is 23.4 Å². The van der Waals surface area contributed by atoms with Crippen molar-refractivity contribution in [2.24, 2.45) is 0 Å². The molecule has 1 aromatic heterocycles. The Kier molecular flexibility index (Phi) is 2.92. The number of hydrogen-bond donors (Lipinski definition) is 1. The number of nitrogens with one attached hydrogen (secondary N) is 1. The molecule has 0 spiro atoms. The van der Waals surface area contributed by atoms with Gasteiger partial charge in [0.15, 0.2) is 0 Å².